The van der Waals surface area contributed by atoms with Crippen LogP contribution in [0.25, 0.3) is 0 Å². The Kier molecular flexibility index (Phi) is 4.32. The smallest absolute Gasteiger partial charge is 0.422 e. The zero-order valence-corrected chi connectivity index (χ0v) is 10.1. The lowest BCUT2D eigenvalue weighted by atomic mass is 10.0. The van der Waals surface area contributed by atoms with Crippen LogP contribution in [0.5, 0.6) is 5.88 Å². The van der Waals surface area contributed by atoms with Crippen molar-refractivity contribution in [2.24, 2.45) is 0 Å². The molecule has 0 aromatic carbocycles. The summed E-state index contributed by atoms with van der Waals surface area (Å²) in [5.41, 5.74) is -1.03. The maximum Gasteiger partial charge on any atom is 0.422 e. The van der Waals surface area contributed by atoms with Crippen molar-refractivity contribution in [2.45, 2.75) is 32.1 Å². The Balaban J connectivity index is 3.06. The van der Waals surface area contributed by atoms with Crippen LogP contribution in [0.4, 0.5) is 26.3 Å². The van der Waals surface area contributed by atoms with Crippen molar-refractivity contribution in [1.29, 1.82) is 0 Å². The van der Waals surface area contributed by atoms with Crippen molar-refractivity contribution in [1.82, 2.24) is 4.98 Å². The van der Waals surface area contributed by atoms with E-state index in [-0.39, 0.29) is 5.56 Å². The molecule has 0 radical (unpaired) electrons. The molecule has 1 rings (SSSR count). The average molecular weight is 287 g/mol. The summed E-state index contributed by atoms with van der Waals surface area (Å²) in [7, 11) is 0. The summed E-state index contributed by atoms with van der Waals surface area (Å²) in [4.78, 5) is 3.33. The van der Waals surface area contributed by atoms with E-state index in [0.717, 1.165) is 6.07 Å². The van der Waals surface area contributed by atoms with Crippen LogP contribution in [0.2, 0.25) is 0 Å². The Morgan fingerprint density at radius 3 is 2.16 bits per heavy atom. The molecule has 0 saturated heterocycles. The van der Waals surface area contributed by atoms with Crippen LogP contribution in [-0.4, -0.2) is 17.8 Å². The first-order chi connectivity index (χ1) is 8.50. The van der Waals surface area contributed by atoms with Gasteiger partial charge in [-0.3, -0.25) is 0 Å². The number of ether oxygens (including phenoxy) is 1. The standard InChI is InChI=1S/C11H11F6NO/c1-6(2)8-3-7(11(15,16)17)4-18-9(8)19-5-10(12,13)14/h3-4,6H,5H2,1-2H3. The molecule has 0 saturated carbocycles. The molecule has 0 amide bonds. The minimum atomic E-state index is -4.60. The predicted molar refractivity (Wildman–Crippen MR) is 54.9 cm³/mol. The first-order valence-corrected chi connectivity index (χ1v) is 5.27. The quantitative estimate of drug-likeness (QED) is 0.779. The summed E-state index contributed by atoms with van der Waals surface area (Å²) in [5, 5.41) is 0. The van der Waals surface area contributed by atoms with Crippen LogP contribution in [-0.2, 0) is 6.18 Å². The molecule has 1 aromatic heterocycles. The number of alkyl halides is 6. The van der Waals surface area contributed by atoms with E-state index < -0.39 is 36.3 Å². The summed E-state index contributed by atoms with van der Waals surface area (Å²) >= 11 is 0. The molecule has 0 spiro atoms. The van der Waals surface area contributed by atoms with Gasteiger partial charge in [0.15, 0.2) is 6.61 Å². The monoisotopic (exact) mass is 287 g/mol. The molecule has 0 aliphatic carbocycles. The van der Waals surface area contributed by atoms with E-state index in [1.807, 2.05) is 0 Å². The number of hydrogen-bond donors (Lipinski definition) is 0. The maximum atomic E-state index is 12.5. The molecule has 8 heteroatoms. The normalized spacial score (nSPS) is 12.9. The van der Waals surface area contributed by atoms with Gasteiger partial charge >= 0.3 is 12.4 Å². The average Bonchev–Trinajstić information content (AvgIpc) is 2.23. The zero-order chi connectivity index (χ0) is 14.8. The Morgan fingerprint density at radius 2 is 1.74 bits per heavy atom. The van der Waals surface area contributed by atoms with Gasteiger partial charge in [-0.05, 0) is 12.0 Å². The fourth-order valence-corrected chi connectivity index (χ4v) is 1.31. The third-order valence-corrected chi connectivity index (χ3v) is 2.20. The highest BCUT2D eigenvalue weighted by atomic mass is 19.4. The topological polar surface area (TPSA) is 22.1 Å². The van der Waals surface area contributed by atoms with Crippen molar-refractivity contribution in [3.63, 3.8) is 0 Å². The summed E-state index contributed by atoms with van der Waals surface area (Å²) in [6.45, 7) is 1.49. The molecule has 0 aliphatic heterocycles. The van der Waals surface area contributed by atoms with Crippen LogP contribution in [0.3, 0.4) is 0 Å². The molecule has 2 nitrogen and oxygen atoms in total. The molecular formula is C11H11F6NO. The third kappa shape index (κ3) is 4.60. The van der Waals surface area contributed by atoms with Crippen molar-refractivity contribution in [3.8, 4) is 5.88 Å². The number of rotatable bonds is 3. The first-order valence-electron chi connectivity index (χ1n) is 5.27. The van der Waals surface area contributed by atoms with E-state index >= 15 is 0 Å². The lowest BCUT2D eigenvalue weighted by Gasteiger charge is -2.16. The van der Waals surface area contributed by atoms with Crippen molar-refractivity contribution >= 4 is 0 Å². The SMILES string of the molecule is CC(C)c1cc(C(F)(F)F)cnc1OCC(F)(F)F. The van der Waals surface area contributed by atoms with Gasteiger partial charge < -0.3 is 4.74 Å². The molecule has 0 aliphatic rings. The molecule has 0 fully saturated rings. The van der Waals surface area contributed by atoms with E-state index in [1.165, 1.54) is 13.8 Å². The van der Waals surface area contributed by atoms with Gasteiger partial charge in [0.25, 0.3) is 0 Å². The zero-order valence-electron chi connectivity index (χ0n) is 10.1. The van der Waals surface area contributed by atoms with E-state index in [9.17, 15) is 26.3 Å². The van der Waals surface area contributed by atoms with Crippen molar-refractivity contribution < 1.29 is 31.1 Å². The summed E-state index contributed by atoms with van der Waals surface area (Å²) in [6, 6.07) is 0.753. The summed E-state index contributed by atoms with van der Waals surface area (Å²) in [5.74, 6) is -0.877. The van der Waals surface area contributed by atoms with E-state index in [4.69, 9.17) is 0 Å². The second-order valence-electron chi connectivity index (χ2n) is 4.17. The van der Waals surface area contributed by atoms with Crippen LogP contribution < -0.4 is 4.74 Å². The van der Waals surface area contributed by atoms with Crippen LogP contribution in [0.1, 0.15) is 30.9 Å². The third-order valence-electron chi connectivity index (χ3n) is 2.20. The van der Waals surface area contributed by atoms with E-state index in [1.54, 1.807) is 0 Å². The van der Waals surface area contributed by atoms with E-state index in [0.29, 0.717) is 6.20 Å². The highest BCUT2D eigenvalue weighted by Gasteiger charge is 2.33. The number of nitrogens with zero attached hydrogens (tertiary/aromatic N) is 1. The Bertz CT molecular complexity index is 438. The summed E-state index contributed by atoms with van der Waals surface area (Å²) < 4.78 is 77.9. The van der Waals surface area contributed by atoms with Crippen LogP contribution in [0, 0.1) is 0 Å². The minimum absolute atomic E-state index is 0.0147. The van der Waals surface area contributed by atoms with Gasteiger partial charge in [0.1, 0.15) is 0 Å². The second-order valence-corrected chi connectivity index (χ2v) is 4.17. The minimum Gasteiger partial charge on any atom is -0.468 e. The van der Waals surface area contributed by atoms with Crippen LogP contribution in [0.15, 0.2) is 12.3 Å². The van der Waals surface area contributed by atoms with E-state index in [2.05, 4.69) is 9.72 Å². The second kappa shape index (κ2) is 5.26. The van der Waals surface area contributed by atoms with Gasteiger partial charge in [-0.25, -0.2) is 4.98 Å². The number of pyridine rings is 1. The van der Waals surface area contributed by atoms with Gasteiger partial charge in [-0.2, -0.15) is 26.3 Å². The van der Waals surface area contributed by atoms with Gasteiger partial charge in [0, 0.05) is 11.8 Å². The fourth-order valence-electron chi connectivity index (χ4n) is 1.31. The molecule has 1 aromatic rings. The van der Waals surface area contributed by atoms with Gasteiger partial charge in [0.05, 0.1) is 5.56 Å². The predicted octanol–water partition coefficient (Wildman–Crippen LogP) is 4.16. The van der Waals surface area contributed by atoms with Crippen molar-refractivity contribution in [2.75, 3.05) is 6.61 Å². The fraction of sp³-hybridized carbons (Fsp3) is 0.545. The lowest BCUT2D eigenvalue weighted by molar-refractivity contribution is -0.154. The highest BCUT2D eigenvalue weighted by molar-refractivity contribution is 5.33. The summed E-state index contributed by atoms with van der Waals surface area (Å²) in [6.07, 6.45) is -8.71. The van der Waals surface area contributed by atoms with Crippen LogP contribution >= 0.6 is 0 Å². The Morgan fingerprint density at radius 1 is 1.16 bits per heavy atom. The molecule has 0 unspecified atom stereocenters. The molecule has 108 valence electrons. The molecule has 0 atom stereocenters. The number of aromatic nitrogens is 1. The van der Waals surface area contributed by atoms with Gasteiger partial charge in [0.2, 0.25) is 5.88 Å². The molecule has 19 heavy (non-hydrogen) atoms. The molecule has 0 N–H and O–H groups in total. The largest absolute Gasteiger partial charge is 0.468 e. The molecule has 1 heterocycles. The van der Waals surface area contributed by atoms with Crippen molar-refractivity contribution in [3.05, 3.63) is 23.4 Å². The highest BCUT2D eigenvalue weighted by Crippen LogP contribution is 2.34. The lowest BCUT2D eigenvalue weighted by Crippen LogP contribution is -2.20. The first kappa shape index (κ1) is 15.6. The molecular weight excluding hydrogens is 276 g/mol. The van der Waals surface area contributed by atoms with Gasteiger partial charge in [-0.1, -0.05) is 13.8 Å². The Hall–Kier alpha value is -1.47. The van der Waals surface area contributed by atoms with Gasteiger partial charge in [-0.15, -0.1) is 0 Å². The maximum absolute atomic E-state index is 12.5. The number of hydrogen-bond acceptors (Lipinski definition) is 2. The number of halogens is 6. The Labute approximate surface area is 105 Å². The molecule has 0 bridgehead atoms.